The molecule has 0 spiro atoms. The summed E-state index contributed by atoms with van der Waals surface area (Å²) in [5.41, 5.74) is 9.04. The topological polar surface area (TPSA) is 35.2 Å². The molecule has 0 fully saturated rings. The number of nitrogens with two attached hydrogens (primary N) is 1. The monoisotopic (exact) mass is 341 g/mol. The van der Waals surface area contributed by atoms with Crippen molar-refractivity contribution < 1.29 is 9.13 Å². The molecule has 0 bridgehead atoms. The molecule has 4 heteroatoms. The minimum atomic E-state index is -0.346. The van der Waals surface area contributed by atoms with E-state index in [0.29, 0.717) is 29.5 Å². The fourth-order valence-corrected chi connectivity index (χ4v) is 2.70. The first-order valence-electron chi connectivity index (χ1n) is 7.62. The molecular formula is C20H17ClFNO. The van der Waals surface area contributed by atoms with Crippen LogP contribution in [0.5, 0.6) is 5.75 Å². The van der Waals surface area contributed by atoms with Crippen molar-refractivity contribution in [2.75, 3.05) is 0 Å². The number of hydrogen-bond donors (Lipinski definition) is 1. The van der Waals surface area contributed by atoms with Crippen LogP contribution in [0.15, 0.2) is 66.7 Å². The van der Waals surface area contributed by atoms with Crippen LogP contribution in [0.2, 0.25) is 5.02 Å². The molecule has 122 valence electrons. The second-order valence-corrected chi connectivity index (χ2v) is 5.84. The maximum atomic E-state index is 13.7. The molecule has 0 atom stereocenters. The molecule has 0 unspecified atom stereocenters. The normalized spacial score (nSPS) is 10.6. The third-order valence-electron chi connectivity index (χ3n) is 3.74. The number of halogens is 2. The predicted molar refractivity (Wildman–Crippen MR) is 95.5 cm³/mol. The number of ether oxygens (including phenoxy) is 1. The lowest BCUT2D eigenvalue weighted by molar-refractivity contribution is 0.307. The van der Waals surface area contributed by atoms with Crippen molar-refractivity contribution in [2.24, 2.45) is 5.73 Å². The van der Waals surface area contributed by atoms with Gasteiger partial charge in [-0.05, 0) is 41.5 Å². The van der Waals surface area contributed by atoms with Crippen molar-refractivity contribution in [1.82, 2.24) is 0 Å². The second kappa shape index (κ2) is 7.47. The third kappa shape index (κ3) is 3.75. The standard InChI is InChI=1S/C20H17ClFNO/c21-19-8-7-16(22)11-17(19)18-10-15(12-23)6-9-20(18)24-13-14-4-2-1-3-5-14/h1-11H,12-13,23H2. The minimum Gasteiger partial charge on any atom is -0.488 e. The van der Waals surface area contributed by atoms with E-state index in [9.17, 15) is 4.39 Å². The second-order valence-electron chi connectivity index (χ2n) is 5.43. The summed E-state index contributed by atoms with van der Waals surface area (Å²) in [6.07, 6.45) is 0. The summed E-state index contributed by atoms with van der Waals surface area (Å²) in [5.74, 6) is 0.296. The van der Waals surface area contributed by atoms with Crippen LogP contribution >= 0.6 is 11.6 Å². The molecule has 2 N–H and O–H groups in total. The molecule has 0 saturated heterocycles. The highest BCUT2D eigenvalue weighted by atomic mass is 35.5. The van der Waals surface area contributed by atoms with Gasteiger partial charge in [-0.3, -0.25) is 0 Å². The Kier molecular flexibility index (Phi) is 5.14. The fourth-order valence-electron chi connectivity index (χ4n) is 2.48. The first kappa shape index (κ1) is 16.5. The molecule has 24 heavy (non-hydrogen) atoms. The van der Waals surface area contributed by atoms with Gasteiger partial charge in [0.2, 0.25) is 0 Å². The number of benzene rings is 3. The van der Waals surface area contributed by atoms with Gasteiger partial charge in [-0.15, -0.1) is 0 Å². The Labute approximate surface area is 145 Å². The SMILES string of the molecule is NCc1ccc(OCc2ccccc2)c(-c2cc(F)ccc2Cl)c1. The van der Waals surface area contributed by atoms with E-state index in [1.54, 1.807) is 6.07 Å². The Balaban J connectivity index is 1.98. The predicted octanol–water partition coefficient (Wildman–Crippen LogP) is 5.18. The van der Waals surface area contributed by atoms with Crippen molar-refractivity contribution in [3.05, 3.63) is 88.7 Å². The van der Waals surface area contributed by atoms with Crippen LogP contribution in [0.3, 0.4) is 0 Å². The van der Waals surface area contributed by atoms with Crippen LogP contribution in [-0.2, 0) is 13.2 Å². The molecule has 0 amide bonds. The maximum Gasteiger partial charge on any atom is 0.127 e. The van der Waals surface area contributed by atoms with Gasteiger partial charge in [-0.1, -0.05) is 48.0 Å². The van der Waals surface area contributed by atoms with E-state index >= 15 is 0 Å². The van der Waals surface area contributed by atoms with E-state index in [-0.39, 0.29) is 5.82 Å². The first-order valence-corrected chi connectivity index (χ1v) is 8.00. The Bertz CT molecular complexity index is 836. The Morgan fingerprint density at radius 1 is 0.875 bits per heavy atom. The molecule has 3 aromatic rings. The van der Waals surface area contributed by atoms with Crippen LogP contribution in [0.25, 0.3) is 11.1 Å². The van der Waals surface area contributed by atoms with E-state index in [1.807, 2.05) is 48.5 Å². The van der Waals surface area contributed by atoms with Gasteiger partial charge in [0.1, 0.15) is 18.2 Å². The highest BCUT2D eigenvalue weighted by molar-refractivity contribution is 6.33. The average molecular weight is 342 g/mol. The van der Waals surface area contributed by atoms with Crippen molar-refractivity contribution in [3.8, 4) is 16.9 Å². The zero-order valence-electron chi connectivity index (χ0n) is 13.0. The van der Waals surface area contributed by atoms with Gasteiger partial charge in [0, 0.05) is 22.7 Å². The van der Waals surface area contributed by atoms with Gasteiger partial charge in [0.05, 0.1) is 0 Å². The smallest absolute Gasteiger partial charge is 0.127 e. The summed E-state index contributed by atoms with van der Waals surface area (Å²) in [5, 5.41) is 0.468. The molecule has 3 rings (SSSR count). The summed E-state index contributed by atoms with van der Waals surface area (Å²) < 4.78 is 19.6. The zero-order valence-corrected chi connectivity index (χ0v) is 13.8. The molecule has 0 aliphatic carbocycles. The largest absolute Gasteiger partial charge is 0.488 e. The van der Waals surface area contributed by atoms with Crippen LogP contribution in [0, 0.1) is 5.82 Å². The molecule has 0 heterocycles. The molecular weight excluding hydrogens is 325 g/mol. The zero-order chi connectivity index (χ0) is 16.9. The average Bonchev–Trinajstić information content (AvgIpc) is 2.63. The van der Waals surface area contributed by atoms with Gasteiger partial charge in [0.25, 0.3) is 0 Å². The molecule has 0 saturated carbocycles. The number of hydrogen-bond acceptors (Lipinski definition) is 2. The van der Waals surface area contributed by atoms with Gasteiger partial charge in [-0.25, -0.2) is 4.39 Å². The highest BCUT2D eigenvalue weighted by Crippen LogP contribution is 2.36. The fraction of sp³-hybridized carbons (Fsp3) is 0.100. The Morgan fingerprint density at radius 3 is 2.42 bits per heavy atom. The van der Waals surface area contributed by atoms with Crippen molar-refractivity contribution in [1.29, 1.82) is 0 Å². The first-order chi connectivity index (χ1) is 11.7. The molecule has 0 aliphatic rings. The Morgan fingerprint density at radius 2 is 1.67 bits per heavy atom. The van der Waals surface area contributed by atoms with E-state index in [0.717, 1.165) is 16.7 Å². The molecule has 0 aromatic heterocycles. The van der Waals surface area contributed by atoms with Crippen LogP contribution in [-0.4, -0.2) is 0 Å². The van der Waals surface area contributed by atoms with E-state index in [1.165, 1.54) is 12.1 Å². The van der Waals surface area contributed by atoms with Crippen molar-refractivity contribution in [3.63, 3.8) is 0 Å². The quantitative estimate of drug-likeness (QED) is 0.693. The summed E-state index contributed by atoms with van der Waals surface area (Å²) in [6, 6.07) is 19.8. The number of rotatable bonds is 5. The summed E-state index contributed by atoms with van der Waals surface area (Å²) in [4.78, 5) is 0. The Hall–Kier alpha value is -2.36. The van der Waals surface area contributed by atoms with Crippen LogP contribution in [0.4, 0.5) is 4.39 Å². The van der Waals surface area contributed by atoms with Crippen molar-refractivity contribution >= 4 is 11.6 Å². The maximum absolute atomic E-state index is 13.7. The molecule has 2 nitrogen and oxygen atoms in total. The van der Waals surface area contributed by atoms with Gasteiger partial charge < -0.3 is 10.5 Å². The highest BCUT2D eigenvalue weighted by Gasteiger charge is 2.12. The van der Waals surface area contributed by atoms with Gasteiger partial charge in [0.15, 0.2) is 0 Å². The van der Waals surface area contributed by atoms with Gasteiger partial charge >= 0.3 is 0 Å². The molecule has 0 aliphatic heterocycles. The summed E-state index contributed by atoms with van der Waals surface area (Å²) in [7, 11) is 0. The lowest BCUT2D eigenvalue weighted by Crippen LogP contribution is -2.00. The lowest BCUT2D eigenvalue weighted by atomic mass is 10.0. The van der Waals surface area contributed by atoms with Crippen LogP contribution < -0.4 is 10.5 Å². The molecule has 0 radical (unpaired) electrons. The van der Waals surface area contributed by atoms with E-state index < -0.39 is 0 Å². The summed E-state index contributed by atoms with van der Waals surface area (Å²) in [6.45, 7) is 0.807. The van der Waals surface area contributed by atoms with Gasteiger partial charge in [-0.2, -0.15) is 0 Å². The lowest BCUT2D eigenvalue weighted by Gasteiger charge is -2.14. The van der Waals surface area contributed by atoms with Crippen LogP contribution in [0.1, 0.15) is 11.1 Å². The third-order valence-corrected chi connectivity index (χ3v) is 4.07. The molecule has 3 aromatic carbocycles. The minimum absolute atomic E-state index is 0.346. The van der Waals surface area contributed by atoms with E-state index in [4.69, 9.17) is 22.1 Å². The summed E-state index contributed by atoms with van der Waals surface area (Å²) >= 11 is 6.26. The van der Waals surface area contributed by atoms with Crippen molar-refractivity contribution in [2.45, 2.75) is 13.2 Å². The van der Waals surface area contributed by atoms with E-state index in [2.05, 4.69) is 0 Å².